The van der Waals surface area contributed by atoms with Gasteiger partial charge in [-0.05, 0) is 48.5 Å². The molecule has 0 fully saturated rings. The Labute approximate surface area is 196 Å². The van der Waals surface area contributed by atoms with E-state index < -0.39 is 10.0 Å². The predicted molar refractivity (Wildman–Crippen MR) is 128 cm³/mol. The van der Waals surface area contributed by atoms with Crippen LogP contribution in [0.5, 0.6) is 0 Å². The molecule has 7 nitrogen and oxygen atoms in total. The van der Waals surface area contributed by atoms with Crippen LogP contribution < -0.4 is 5.32 Å². The molecule has 2 aromatic carbocycles. The third-order valence-corrected chi connectivity index (χ3v) is 8.60. The fraction of sp³-hybridized carbons (Fsp3) is 0.273. The molecule has 0 spiro atoms. The third-order valence-electron chi connectivity index (χ3n) is 5.31. The van der Waals surface area contributed by atoms with Crippen molar-refractivity contribution in [2.45, 2.75) is 30.2 Å². The highest BCUT2D eigenvalue weighted by Gasteiger charge is 2.26. The fourth-order valence-corrected chi connectivity index (χ4v) is 6.20. The number of carbonyl (C=O) groups excluding carboxylic acids is 1. The molecule has 0 bridgehead atoms. The summed E-state index contributed by atoms with van der Waals surface area (Å²) in [6, 6.07) is 13.3. The zero-order valence-corrected chi connectivity index (χ0v) is 20.1. The van der Waals surface area contributed by atoms with Gasteiger partial charge in [-0.3, -0.25) is 4.79 Å². The van der Waals surface area contributed by atoms with E-state index in [-0.39, 0.29) is 10.8 Å². The van der Waals surface area contributed by atoms with E-state index in [0.717, 1.165) is 28.5 Å². The minimum Gasteiger partial charge on any atom is -0.306 e. The number of halogens is 1. The van der Waals surface area contributed by atoms with Crippen molar-refractivity contribution in [2.24, 2.45) is 0 Å². The molecular formula is C22H23ClN4O3S2. The summed E-state index contributed by atoms with van der Waals surface area (Å²) in [7, 11) is -3.57. The van der Waals surface area contributed by atoms with Crippen molar-refractivity contribution < 1.29 is 13.2 Å². The Morgan fingerprint density at radius 2 is 1.75 bits per heavy atom. The van der Waals surface area contributed by atoms with E-state index in [1.807, 2.05) is 12.1 Å². The van der Waals surface area contributed by atoms with Gasteiger partial charge in [-0.2, -0.15) is 21.2 Å². The lowest BCUT2D eigenvalue weighted by Gasteiger charge is -2.18. The van der Waals surface area contributed by atoms with Gasteiger partial charge in [0, 0.05) is 40.7 Å². The highest BCUT2D eigenvalue weighted by atomic mass is 35.5. The standard InChI is InChI=1S/C22H23ClN4O3S2/c1-3-26(4-2)32(29,30)18-11-5-15(6-12-18)22(28)24-21-19-13-31-14-20(19)25-27(21)17-9-7-16(23)8-10-17/h5-12H,3-4,13-14H2,1-2H3,(H,24,28). The Bertz CT molecular complexity index is 1240. The number of sulfonamides is 1. The second-order valence-electron chi connectivity index (χ2n) is 7.22. The molecule has 1 aliphatic heterocycles. The first kappa shape index (κ1) is 22.8. The molecule has 3 aromatic rings. The Kier molecular flexibility index (Phi) is 6.62. The van der Waals surface area contributed by atoms with Crippen LogP contribution in [0.15, 0.2) is 53.4 Å². The number of thioether (sulfide) groups is 1. The van der Waals surface area contributed by atoms with Gasteiger partial charge in [0.15, 0.2) is 0 Å². The predicted octanol–water partition coefficient (Wildman–Crippen LogP) is 4.56. The average Bonchev–Trinajstić information content (AvgIpc) is 3.38. The number of fused-ring (bicyclic) bond motifs is 1. The molecule has 10 heteroatoms. The summed E-state index contributed by atoms with van der Waals surface area (Å²) >= 11 is 7.76. The molecule has 0 aliphatic carbocycles. The molecule has 0 saturated heterocycles. The van der Waals surface area contributed by atoms with E-state index in [9.17, 15) is 13.2 Å². The van der Waals surface area contributed by atoms with Crippen LogP contribution in [0, 0.1) is 0 Å². The second kappa shape index (κ2) is 9.27. The smallest absolute Gasteiger partial charge is 0.256 e. The summed E-state index contributed by atoms with van der Waals surface area (Å²) in [6.45, 7) is 4.37. The van der Waals surface area contributed by atoms with Crippen LogP contribution in [0.4, 0.5) is 5.82 Å². The van der Waals surface area contributed by atoms with E-state index in [4.69, 9.17) is 11.6 Å². The number of aromatic nitrogens is 2. The molecule has 1 N–H and O–H groups in total. The summed E-state index contributed by atoms with van der Waals surface area (Å²) in [6.07, 6.45) is 0. The molecule has 168 valence electrons. The third kappa shape index (κ3) is 4.30. The van der Waals surface area contributed by atoms with Gasteiger partial charge in [0.1, 0.15) is 5.82 Å². The highest BCUT2D eigenvalue weighted by Crippen LogP contribution is 2.36. The molecule has 1 amide bonds. The van der Waals surface area contributed by atoms with Crippen molar-refractivity contribution in [1.29, 1.82) is 0 Å². The Balaban J connectivity index is 1.62. The van der Waals surface area contributed by atoms with Crippen molar-refractivity contribution in [3.8, 4) is 5.69 Å². The highest BCUT2D eigenvalue weighted by molar-refractivity contribution is 7.98. The van der Waals surface area contributed by atoms with E-state index in [2.05, 4.69) is 10.4 Å². The lowest BCUT2D eigenvalue weighted by Crippen LogP contribution is -2.30. The minimum absolute atomic E-state index is 0.168. The van der Waals surface area contributed by atoms with Gasteiger partial charge >= 0.3 is 0 Å². The van der Waals surface area contributed by atoms with Gasteiger partial charge in [-0.25, -0.2) is 13.1 Å². The van der Waals surface area contributed by atoms with Gasteiger partial charge in [0.2, 0.25) is 10.0 Å². The molecule has 2 heterocycles. The number of benzene rings is 2. The van der Waals surface area contributed by atoms with Gasteiger partial charge in [0.25, 0.3) is 5.91 Å². The number of hydrogen-bond donors (Lipinski definition) is 1. The zero-order chi connectivity index (χ0) is 22.9. The number of nitrogens with zero attached hydrogens (tertiary/aromatic N) is 3. The molecule has 1 aromatic heterocycles. The normalized spacial score (nSPS) is 13.4. The van der Waals surface area contributed by atoms with Gasteiger partial charge in [-0.15, -0.1) is 0 Å². The van der Waals surface area contributed by atoms with Crippen LogP contribution in [0.1, 0.15) is 35.5 Å². The van der Waals surface area contributed by atoms with Crippen molar-refractivity contribution >= 4 is 45.1 Å². The first-order chi connectivity index (χ1) is 15.3. The topological polar surface area (TPSA) is 84.3 Å². The molecule has 1 aliphatic rings. The summed E-state index contributed by atoms with van der Waals surface area (Å²) in [5, 5.41) is 8.27. The molecule has 32 heavy (non-hydrogen) atoms. The van der Waals surface area contributed by atoms with Crippen LogP contribution in [0.3, 0.4) is 0 Å². The van der Waals surface area contributed by atoms with Crippen LogP contribution >= 0.6 is 23.4 Å². The maximum absolute atomic E-state index is 13.0. The second-order valence-corrected chi connectivity index (χ2v) is 10.6. The summed E-state index contributed by atoms with van der Waals surface area (Å²) in [4.78, 5) is 13.2. The minimum atomic E-state index is -3.57. The molecular weight excluding hydrogens is 468 g/mol. The summed E-state index contributed by atoms with van der Waals surface area (Å²) in [5.41, 5.74) is 3.11. The Hall–Kier alpha value is -2.33. The van der Waals surface area contributed by atoms with Crippen molar-refractivity contribution in [3.05, 3.63) is 70.4 Å². The molecule has 4 rings (SSSR count). The quantitative estimate of drug-likeness (QED) is 0.525. The number of anilines is 1. The van der Waals surface area contributed by atoms with Crippen molar-refractivity contribution in [3.63, 3.8) is 0 Å². The number of rotatable bonds is 7. The SMILES string of the molecule is CCN(CC)S(=O)(=O)c1ccc(C(=O)Nc2c3c(nn2-c2ccc(Cl)cc2)CSC3)cc1. The number of carbonyl (C=O) groups is 1. The van der Waals surface area contributed by atoms with Crippen molar-refractivity contribution in [1.82, 2.24) is 14.1 Å². The fourth-order valence-electron chi connectivity index (χ4n) is 3.58. The maximum atomic E-state index is 13.0. The first-order valence-corrected chi connectivity index (χ1v) is 13.2. The van der Waals surface area contributed by atoms with E-state index in [1.165, 1.54) is 28.6 Å². The first-order valence-electron chi connectivity index (χ1n) is 10.2. The Morgan fingerprint density at radius 1 is 1.09 bits per heavy atom. The van der Waals surface area contributed by atoms with Gasteiger partial charge in [0.05, 0.1) is 16.3 Å². The van der Waals surface area contributed by atoms with Crippen LogP contribution in [-0.2, 0) is 21.5 Å². The maximum Gasteiger partial charge on any atom is 0.256 e. The number of hydrogen-bond acceptors (Lipinski definition) is 5. The average molecular weight is 491 g/mol. The number of nitrogens with one attached hydrogen (secondary N) is 1. The lowest BCUT2D eigenvalue weighted by molar-refractivity contribution is 0.102. The lowest BCUT2D eigenvalue weighted by atomic mass is 10.2. The number of amides is 1. The van der Waals surface area contributed by atoms with Crippen LogP contribution in [0.25, 0.3) is 5.69 Å². The molecule has 0 radical (unpaired) electrons. The summed E-state index contributed by atoms with van der Waals surface area (Å²) < 4.78 is 28.5. The van der Waals surface area contributed by atoms with Gasteiger partial charge < -0.3 is 5.32 Å². The van der Waals surface area contributed by atoms with E-state index in [1.54, 1.807) is 42.4 Å². The zero-order valence-electron chi connectivity index (χ0n) is 17.7. The molecule has 0 atom stereocenters. The van der Waals surface area contributed by atoms with Crippen molar-refractivity contribution in [2.75, 3.05) is 18.4 Å². The van der Waals surface area contributed by atoms with Crippen LogP contribution in [-0.4, -0.2) is 41.5 Å². The molecule has 0 unspecified atom stereocenters. The van der Waals surface area contributed by atoms with E-state index in [0.29, 0.717) is 29.5 Å². The van der Waals surface area contributed by atoms with E-state index >= 15 is 0 Å². The Morgan fingerprint density at radius 3 is 2.38 bits per heavy atom. The summed E-state index contributed by atoms with van der Waals surface area (Å²) in [5.74, 6) is 1.85. The largest absolute Gasteiger partial charge is 0.306 e. The van der Waals surface area contributed by atoms with Gasteiger partial charge in [-0.1, -0.05) is 25.4 Å². The monoisotopic (exact) mass is 490 g/mol. The molecule has 0 saturated carbocycles. The van der Waals surface area contributed by atoms with Crippen LogP contribution in [0.2, 0.25) is 5.02 Å².